The number of ether oxygens (including phenoxy) is 1. The second kappa shape index (κ2) is 7.97. The van der Waals surface area contributed by atoms with Crippen molar-refractivity contribution in [2.75, 3.05) is 13.1 Å². The maximum Gasteiger partial charge on any atom is 0.341 e. The minimum atomic E-state index is -0.680. The first kappa shape index (κ1) is 20.6. The van der Waals surface area contributed by atoms with Crippen LogP contribution in [-0.2, 0) is 7.05 Å². The van der Waals surface area contributed by atoms with E-state index in [4.69, 9.17) is 4.74 Å². The molecule has 0 radical (unpaired) electrons. The third-order valence-electron chi connectivity index (χ3n) is 5.52. The average Bonchev–Trinajstić information content (AvgIpc) is 3.43. The summed E-state index contributed by atoms with van der Waals surface area (Å²) in [4.78, 5) is 19.8. The number of hydrogen-bond donors (Lipinski definition) is 0. The maximum atomic E-state index is 13.6. The maximum absolute atomic E-state index is 13.6. The molecular formula is C21H20F2N6O2S. The highest BCUT2D eigenvalue weighted by atomic mass is 32.1. The second-order valence-corrected chi connectivity index (χ2v) is 8.81. The number of benzene rings is 1. The van der Waals surface area contributed by atoms with Crippen molar-refractivity contribution in [3.8, 4) is 15.8 Å². The van der Waals surface area contributed by atoms with Gasteiger partial charge in [-0.15, -0.1) is 0 Å². The zero-order valence-electron chi connectivity index (χ0n) is 17.4. The van der Waals surface area contributed by atoms with Crippen molar-refractivity contribution in [2.45, 2.75) is 25.5 Å². The minimum Gasteiger partial charge on any atom is -0.463 e. The highest BCUT2D eigenvalue weighted by molar-refractivity contribution is 7.16. The molecule has 4 heterocycles. The standard InChI is InChI=1S/C21H20F2N6O2S/c1-12-8-26-27(2)19(12)18-9-24-20(32-18)31-16-10-28(11-16)21(30)29-17(3-4-25-29)13-5-14(22)7-15(23)6-13/h4-9,16-17H,3,10-11H2,1-2H3/t17-/m0/s1. The topological polar surface area (TPSA) is 75.8 Å². The summed E-state index contributed by atoms with van der Waals surface area (Å²) in [7, 11) is 1.88. The highest BCUT2D eigenvalue weighted by Crippen LogP contribution is 2.34. The Hall–Kier alpha value is -3.34. The number of hydrogen-bond acceptors (Lipinski definition) is 6. The van der Waals surface area contributed by atoms with E-state index in [2.05, 4.69) is 15.2 Å². The Labute approximate surface area is 186 Å². The number of thiazole rings is 1. The van der Waals surface area contributed by atoms with Crippen molar-refractivity contribution in [3.05, 3.63) is 53.4 Å². The van der Waals surface area contributed by atoms with E-state index in [1.54, 1.807) is 28.2 Å². The molecule has 1 atom stereocenters. The molecule has 0 N–H and O–H groups in total. The van der Waals surface area contributed by atoms with Gasteiger partial charge in [0.05, 0.1) is 42.1 Å². The number of aromatic nitrogens is 3. The Morgan fingerprint density at radius 2 is 1.94 bits per heavy atom. The summed E-state index contributed by atoms with van der Waals surface area (Å²) in [5.41, 5.74) is 2.43. The summed E-state index contributed by atoms with van der Waals surface area (Å²) >= 11 is 1.43. The highest BCUT2D eigenvalue weighted by Gasteiger charge is 2.39. The van der Waals surface area contributed by atoms with Crippen molar-refractivity contribution < 1.29 is 18.3 Å². The molecule has 0 spiro atoms. The molecule has 2 aromatic heterocycles. The van der Waals surface area contributed by atoms with E-state index in [1.807, 2.05) is 14.0 Å². The van der Waals surface area contributed by atoms with Crippen molar-refractivity contribution in [2.24, 2.45) is 12.1 Å². The number of amides is 2. The van der Waals surface area contributed by atoms with Crippen LogP contribution < -0.4 is 4.74 Å². The van der Waals surface area contributed by atoms with Crippen molar-refractivity contribution >= 4 is 23.6 Å². The number of nitrogens with zero attached hydrogens (tertiary/aromatic N) is 6. The number of rotatable bonds is 4. The van der Waals surface area contributed by atoms with Gasteiger partial charge in [-0.25, -0.2) is 23.6 Å². The number of halogens is 2. The number of urea groups is 1. The molecule has 3 aromatic rings. The first-order valence-electron chi connectivity index (χ1n) is 10.1. The molecule has 2 aliphatic rings. The van der Waals surface area contributed by atoms with E-state index >= 15 is 0 Å². The van der Waals surface area contributed by atoms with Gasteiger partial charge in [0.1, 0.15) is 17.7 Å². The number of likely N-dealkylation sites (tertiary alicyclic amines) is 1. The van der Waals surface area contributed by atoms with Gasteiger partial charge in [0, 0.05) is 25.7 Å². The molecule has 166 valence electrons. The SMILES string of the molecule is Cc1cnn(C)c1-c1cnc(OC2CN(C(=O)N3N=CC[C@H]3c3cc(F)cc(F)c3)C2)s1. The van der Waals surface area contributed by atoms with Crippen LogP contribution in [0.25, 0.3) is 10.6 Å². The van der Waals surface area contributed by atoms with Crippen LogP contribution in [-0.4, -0.2) is 56.1 Å². The van der Waals surface area contributed by atoms with Crippen LogP contribution in [0.1, 0.15) is 23.6 Å². The van der Waals surface area contributed by atoms with Gasteiger partial charge in [-0.05, 0) is 30.2 Å². The fourth-order valence-corrected chi connectivity index (χ4v) is 4.90. The zero-order valence-corrected chi connectivity index (χ0v) is 18.2. The van der Waals surface area contributed by atoms with E-state index in [-0.39, 0.29) is 12.1 Å². The van der Waals surface area contributed by atoms with Gasteiger partial charge < -0.3 is 9.64 Å². The Morgan fingerprint density at radius 1 is 1.19 bits per heavy atom. The van der Waals surface area contributed by atoms with Gasteiger partial charge >= 0.3 is 6.03 Å². The Kier molecular flexibility index (Phi) is 5.12. The number of aryl methyl sites for hydroxylation is 2. The lowest BCUT2D eigenvalue weighted by molar-refractivity contribution is 0.0276. The lowest BCUT2D eigenvalue weighted by atomic mass is 10.0. The van der Waals surface area contributed by atoms with Crippen molar-refractivity contribution in [1.82, 2.24) is 24.7 Å². The van der Waals surface area contributed by atoms with Gasteiger partial charge in [-0.2, -0.15) is 10.2 Å². The third-order valence-corrected chi connectivity index (χ3v) is 6.42. The molecule has 2 aliphatic heterocycles. The fourth-order valence-electron chi connectivity index (χ4n) is 3.92. The largest absolute Gasteiger partial charge is 0.463 e. The van der Waals surface area contributed by atoms with Gasteiger partial charge in [0.15, 0.2) is 0 Å². The molecule has 32 heavy (non-hydrogen) atoms. The molecule has 5 rings (SSSR count). The lowest BCUT2D eigenvalue weighted by Gasteiger charge is -2.40. The molecule has 8 nitrogen and oxygen atoms in total. The summed E-state index contributed by atoms with van der Waals surface area (Å²) < 4.78 is 35.0. The normalized spacial score (nSPS) is 18.3. The first-order chi connectivity index (χ1) is 15.4. The van der Waals surface area contributed by atoms with Crippen LogP contribution in [0.4, 0.5) is 13.6 Å². The van der Waals surface area contributed by atoms with Crippen LogP contribution in [0.15, 0.2) is 35.7 Å². The first-order valence-corrected chi connectivity index (χ1v) is 10.9. The summed E-state index contributed by atoms with van der Waals surface area (Å²) in [5.74, 6) is -1.36. The van der Waals surface area contributed by atoms with Gasteiger partial charge in [-0.3, -0.25) is 4.68 Å². The molecule has 1 aromatic carbocycles. The summed E-state index contributed by atoms with van der Waals surface area (Å²) in [6.07, 6.45) is 5.36. The van der Waals surface area contributed by atoms with Crippen LogP contribution in [0, 0.1) is 18.6 Å². The monoisotopic (exact) mass is 458 g/mol. The number of hydrazone groups is 1. The molecule has 2 amide bonds. The lowest BCUT2D eigenvalue weighted by Crippen LogP contribution is -2.58. The van der Waals surface area contributed by atoms with Crippen LogP contribution in [0.2, 0.25) is 0 Å². The molecule has 0 aliphatic carbocycles. The quantitative estimate of drug-likeness (QED) is 0.597. The Bertz CT molecular complexity index is 1160. The number of carbonyl (C=O) groups is 1. The smallest absolute Gasteiger partial charge is 0.341 e. The predicted molar refractivity (Wildman–Crippen MR) is 114 cm³/mol. The van der Waals surface area contributed by atoms with Crippen molar-refractivity contribution in [3.63, 3.8) is 0 Å². The zero-order chi connectivity index (χ0) is 22.4. The molecule has 1 saturated heterocycles. The minimum absolute atomic E-state index is 0.178. The van der Waals surface area contributed by atoms with Crippen LogP contribution >= 0.6 is 11.3 Å². The van der Waals surface area contributed by atoms with E-state index in [9.17, 15) is 13.6 Å². The molecule has 0 saturated carbocycles. The Balaban J connectivity index is 1.20. The van der Waals surface area contributed by atoms with Crippen LogP contribution in [0.3, 0.4) is 0 Å². The third kappa shape index (κ3) is 3.72. The molecule has 1 fully saturated rings. The predicted octanol–water partition coefficient (Wildman–Crippen LogP) is 3.75. The van der Waals surface area contributed by atoms with Gasteiger partial charge in [0.2, 0.25) is 0 Å². The summed E-state index contributed by atoms with van der Waals surface area (Å²) in [6.45, 7) is 2.76. The Morgan fingerprint density at radius 3 is 2.62 bits per heavy atom. The second-order valence-electron chi connectivity index (χ2n) is 7.81. The summed E-state index contributed by atoms with van der Waals surface area (Å²) in [5, 5.41) is 10.2. The number of carbonyl (C=O) groups excluding carboxylic acids is 1. The molecule has 11 heteroatoms. The van der Waals surface area contributed by atoms with Crippen LogP contribution in [0.5, 0.6) is 5.19 Å². The molecular weight excluding hydrogens is 438 g/mol. The van der Waals surface area contributed by atoms with Gasteiger partial charge in [-0.1, -0.05) is 11.3 Å². The van der Waals surface area contributed by atoms with E-state index in [0.29, 0.717) is 30.3 Å². The van der Waals surface area contributed by atoms with E-state index < -0.39 is 17.7 Å². The fraction of sp³-hybridized carbons (Fsp3) is 0.333. The molecule has 0 unspecified atom stereocenters. The van der Waals surface area contributed by atoms with E-state index in [1.165, 1.54) is 28.5 Å². The van der Waals surface area contributed by atoms with E-state index in [0.717, 1.165) is 22.2 Å². The van der Waals surface area contributed by atoms with Crippen molar-refractivity contribution in [1.29, 1.82) is 0 Å². The van der Waals surface area contributed by atoms with Gasteiger partial charge in [0.25, 0.3) is 5.19 Å². The summed E-state index contributed by atoms with van der Waals surface area (Å²) in [6, 6.07) is 2.42. The molecule has 0 bridgehead atoms. The average molecular weight is 458 g/mol.